The molecule has 0 aliphatic carbocycles. The van der Waals surface area contributed by atoms with Gasteiger partial charge in [-0.05, 0) is 54.2 Å². The van der Waals surface area contributed by atoms with Gasteiger partial charge in [0.2, 0.25) is 5.91 Å². The molecule has 3 aromatic carbocycles. The summed E-state index contributed by atoms with van der Waals surface area (Å²) in [5.41, 5.74) is 7.63. The van der Waals surface area contributed by atoms with Crippen molar-refractivity contribution in [3.05, 3.63) is 92.9 Å². The number of nitrogens with one attached hydrogen (secondary N) is 1. The zero-order chi connectivity index (χ0) is 21.7. The van der Waals surface area contributed by atoms with Crippen molar-refractivity contribution < 1.29 is 9.72 Å². The molecule has 152 valence electrons. The Morgan fingerprint density at radius 1 is 1.07 bits per heavy atom. The van der Waals surface area contributed by atoms with E-state index in [2.05, 4.69) is 21.2 Å². The second-order valence-electron chi connectivity index (χ2n) is 6.29. The van der Waals surface area contributed by atoms with Crippen molar-refractivity contribution in [1.29, 1.82) is 0 Å². The molecule has 0 radical (unpaired) electrons. The first kappa shape index (κ1) is 21.4. The van der Waals surface area contributed by atoms with E-state index in [1.165, 1.54) is 6.07 Å². The molecule has 0 saturated carbocycles. The third-order valence-corrected chi connectivity index (χ3v) is 5.04. The number of nitrogens with zero attached hydrogens (tertiary/aromatic N) is 2. The third kappa shape index (κ3) is 5.00. The molecular weight excluding hydrogens is 468 g/mol. The summed E-state index contributed by atoms with van der Waals surface area (Å²) >= 11 is 9.05. The van der Waals surface area contributed by atoms with Gasteiger partial charge in [-0.1, -0.05) is 46.3 Å². The molecule has 0 unspecified atom stereocenters. The van der Waals surface area contributed by atoms with Crippen LogP contribution in [0.15, 0.2) is 77.3 Å². The van der Waals surface area contributed by atoms with Crippen LogP contribution in [0.1, 0.15) is 5.56 Å². The minimum absolute atomic E-state index is 0.0251. The first-order chi connectivity index (χ1) is 14.4. The predicted octanol–water partition coefficient (Wildman–Crippen LogP) is 4.92. The molecule has 1 amide bonds. The van der Waals surface area contributed by atoms with Crippen LogP contribution in [0.25, 0.3) is 0 Å². The van der Waals surface area contributed by atoms with Crippen molar-refractivity contribution in [3.63, 3.8) is 0 Å². The molecule has 0 aromatic heterocycles. The Hall–Kier alpha value is -3.30. The molecule has 3 aromatic rings. The lowest BCUT2D eigenvalue weighted by molar-refractivity contribution is -0.383. The van der Waals surface area contributed by atoms with Crippen LogP contribution in [-0.4, -0.2) is 15.9 Å². The highest BCUT2D eigenvalue weighted by Crippen LogP contribution is 2.32. The first-order valence-corrected chi connectivity index (χ1v) is 10.0. The Bertz CT molecular complexity index is 1110. The summed E-state index contributed by atoms with van der Waals surface area (Å²) in [6.07, 6.45) is 0.0251. The molecule has 0 atom stereocenters. The second-order valence-corrected chi connectivity index (χ2v) is 7.59. The van der Waals surface area contributed by atoms with Crippen molar-refractivity contribution in [2.75, 3.05) is 10.2 Å². The number of primary amides is 1. The molecule has 30 heavy (non-hydrogen) atoms. The Morgan fingerprint density at radius 2 is 1.70 bits per heavy atom. The number of amides is 1. The average molecular weight is 485 g/mol. The zero-order valence-electron chi connectivity index (χ0n) is 15.6. The predicted molar refractivity (Wildman–Crippen MR) is 125 cm³/mol. The molecule has 3 rings (SSSR count). The molecule has 0 saturated heterocycles. The molecule has 3 N–H and O–H groups in total. The van der Waals surface area contributed by atoms with Crippen LogP contribution in [-0.2, 0) is 11.2 Å². The minimum atomic E-state index is -0.476. The van der Waals surface area contributed by atoms with E-state index in [-0.39, 0.29) is 22.9 Å². The fraction of sp³-hybridized carbons (Fsp3) is 0.0476. The fourth-order valence-corrected chi connectivity index (χ4v) is 3.51. The molecule has 0 aliphatic rings. The zero-order valence-corrected chi connectivity index (χ0v) is 18.0. The lowest BCUT2D eigenvalue weighted by Crippen LogP contribution is -2.32. The van der Waals surface area contributed by atoms with Gasteiger partial charge in [0.1, 0.15) is 5.69 Å². The second kappa shape index (κ2) is 9.47. The summed E-state index contributed by atoms with van der Waals surface area (Å²) in [5, 5.41) is 14.6. The van der Waals surface area contributed by atoms with Gasteiger partial charge in [0, 0.05) is 16.2 Å². The molecule has 9 heteroatoms. The maximum atomic E-state index is 11.6. The van der Waals surface area contributed by atoms with Gasteiger partial charge in [0.15, 0.2) is 5.11 Å². The number of para-hydroxylation sites is 3. The molecule has 0 heterocycles. The third-order valence-electron chi connectivity index (χ3n) is 4.23. The fourth-order valence-electron chi connectivity index (χ4n) is 2.93. The van der Waals surface area contributed by atoms with Gasteiger partial charge in [0.05, 0.1) is 17.0 Å². The average Bonchev–Trinajstić information content (AvgIpc) is 2.71. The van der Waals surface area contributed by atoms with Gasteiger partial charge >= 0.3 is 0 Å². The smallest absolute Gasteiger partial charge is 0.292 e. The molecule has 0 spiro atoms. The Morgan fingerprint density at radius 3 is 2.37 bits per heavy atom. The number of rotatable bonds is 6. The summed E-state index contributed by atoms with van der Waals surface area (Å²) < 4.78 is 0.884. The SMILES string of the molecule is NC(=O)Cc1ccccc1N(C(=S)Nc1ccccc1[N+](=O)[O-])c1ccc(Br)cc1. The molecular formula is C21H17BrN4O3S. The van der Waals surface area contributed by atoms with E-state index >= 15 is 0 Å². The number of benzene rings is 3. The largest absolute Gasteiger partial charge is 0.369 e. The number of nitrogens with two attached hydrogens (primary N) is 1. The van der Waals surface area contributed by atoms with Crippen LogP contribution in [0.4, 0.5) is 22.7 Å². The van der Waals surface area contributed by atoms with E-state index in [1.54, 1.807) is 35.2 Å². The van der Waals surface area contributed by atoms with Gasteiger partial charge in [-0.3, -0.25) is 19.8 Å². The van der Waals surface area contributed by atoms with Crippen molar-refractivity contribution in [3.8, 4) is 0 Å². The van der Waals surface area contributed by atoms with Crippen LogP contribution in [0.5, 0.6) is 0 Å². The number of nitro benzene ring substituents is 1. The maximum absolute atomic E-state index is 11.6. The highest BCUT2D eigenvalue weighted by atomic mass is 79.9. The number of carbonyl (C=O) groups excluding carboxylic acids is 1. The molecule has 7 nitrogen and oxygen atoms in total. The summed E-state index contributed by atoms with van der Waals surface area (Å²) in [6.45, 7) is 0. The molecule has 0 bridgehead atoms. The topological polar surface area (TPSA) is 102 Å². The maximum Gasteiger partial charge on any atom is 0.292 e. The summed E-state index contributed by atoms with van der Waals surface area (Å²) in [6, 6.07) is 20.9. The number of carbonyl (C=O) groups is 1. The molecule has 0 fully saturated rings. The van der Waals surface area contributed by atoms with E-state index in [0.29, 0.717) is 16.9 Å². The standard InChI is InChI=1S/C21H17BrN4O3S/c22-15-9-11-16(12-10-15)25(18-7-3-1-5-14(18)13-20(23)27)21(30)24-17-6-2-4-8-19(17)26(28)29/h1-12H,13H2,(H2,23,27)(H,24,30). The van der Waals surface area contributed by atoms with Crippen LogP contribution >= 0.6 is 28.1 Å². The van der Waals surface area contributed by atoms with Crippen molar-refractivity contribution >= 4 is 61.9 Å². The highest BCUT2D eigenvalue weighted by Gasteiger charge is 2.21. The Kier molecular flexibility index (Phi) is 6.76. The van der Waals surface area contributed by atoms with Gasteiger partial charge < -0.3 is 11.1 Å². The Labute approximate surface area is 186 Å². The van der Waals surface area contributed by atoms with E-state index in [0.717, 1.165) is 4.47 Å². The molecule has 0 aliphatic heterocycles. The minimum Gasteiger partial charge on any atom is -0.369 e. The summed E-state index contributed by atoms with van der Waals surface area (Å²) in [7, 11) is 0. The Balaban J connectivity index is 2.07. The number of hydrogen-bond donors (Lipinski definition) is 2. The van der Waals surface area contributed by atoms with E-state index in [9.17, 15) is 14.9 Å². The van der Waals surface area contributed by atoms with Gasteiger partial charge in [-0.25, -0.2) is 0 Å². The van der Waals surface area contributed by atoms with Crippen molar-refractivity contribution in [1.82, 2.24) is 0 Å². The normalized spacial score (nSPS) is 10.3. The first-order valence-electron chi connectivity index (χ1n) is 8.83. The van der Waals surface area contributed by atoms with E-state index < -0.39 is 10.8 Å². The van der Waals surface area contributed by atoms with Crippen molar-refractivity contribution in [2.24, 2.45) is 5.73 Å². The number of hydrogen-bond acceptors (Lipinski definition) is 4. The van der Waals surface area contributed by atoms with Crippen LogP contribution in [0, 0.1) is 10.1 Å². The number of thiocarbonyl (C=S) groups is 1. The quantitative estimate of drug-likeness (QED) is 0.292. The summed E-state index contributed by atoms with van der Waals surface area (Å²) in [4.78, 5) is 24.2. The number of anilines is 3. The van der Waals surface area contributed by atoms with Crippen LogP contribution in [0.2, 0.25) is 0 Å². The lowest BCUT2D eigenvalue weighted by atomic mass is 10.1. The van der Waals surface area contributed by atoms with Gasteiger partial charge in [0.25, 0.3) is 5.69 Å². The van der Waals surface area contributed by atoms with E-state index in [1.807, 2.05) is 36.4 Å². The summed E-state index contributed by atoms with van der Waals surface area (Å²) in [5.74, 6) is -0.476. The van der Waals surface area contributed by atoms with Crippen LogP contribution < -0.4 is 16.0 Å². The van der Waals surface area contributed by atoms with Gasteiger partial charge in [-0.2, -0.15) is 0 Å². The van der Waals surface area contributed by atoms with E-state index in [4.69, 9.17) is 18.0 Å². The van der Waals surface area contributed by atoms with Crippen molar-refractivity contribution in [2.45, 2.75) is 6.42 Å². The van der Waals surface area contributed by atoms with Gasteiger partial charge in [-0.15, -0.1) is 0 Å². The number of halogens is 1. The number of nitro groups is 1. The lowest BCUT2D eigenvalue weighted by Gasteiger charge is -2.28. The van der Waals surface area contributed by atoms with Crippen LogP contribution in [0.3, 0.4) is 0 Å². The monoisotopic (exact) mass is 484 g/mol. The highest BCUT2D eigenvalue weighted by molar-refractivity contribution is 9.10.